The van der Waals surface area contributed by atoms with Crippen molar-refractivity contribution in [1.82, 2.24) is 0 Å². The number of nitrogens with two attached hydrogens (primary N) is 1. The van der Waals surface area contributed by atoms with Gasteiger partial charge in [0.25, 0.3) is 0 Å². The Morgan fingerprint density at radius 2 is 1.75 bits per heavy atom. The van der Waals surface area contributed by atoms with E-state index in [1.165, 1.54) is 0 Å². The molecule has 1 nitrogen and oxygen atoms in total. The van der Waals surface area contributed by atoms with Crippen molar-refractivity contribution in [2.24, 2.45) is 5.73 Å². The van der Waals surface area contributed by atoms with Crippen LogP contribution in [0.25, 0.3) is 0 Å². The fourth-order valence-electron chi connectivity index (χ4n) is 1.28. The zero-order valence-electron chi connectivity index (χ0n) is 8.55. The van der Waals surface area contributed by atoms with Gasteiger partial charge in [0.2, 0.25) is 0 Å². The quantitative estimate of drug-likeness (QED) is 0.643. The van der Waals surface area contributed by atoms with Crippen LogP contribution in [0.5, 0.6) is 0 Å². The van der Waals surface area contributed by atoms with Crippen molar-refractivity contribution in [2.75, 3.05) is 0 Å². The molecule has 0 unspecified atom stereocenters. The van der Waals surface area contributed by atoms with Crippen LogP contribution in [0, 0.1) is 17.5 Å². The lowest BCUT2D eigenvalue weighted by Gasteiger charge is -2.12. The Hall–Kier alpha value is -1.000. The molecule has 0 saturated carbocycles. The van der Waals surface area contributed by atoms with Crippen LogP contribution in [0.4, 0.5) is 13.2 Å². The molecule has 0 saturated heterocycles. The summed E-state index contributed by atoms with van der Waals surface area (Å²) in [6, 6.07) is 0.676. The van der Waals surface area contributed by atoms with Gasteiger partial charge in [-0.15, -0.1) is 19.0 Å². The Morgan fingerprint density at radius 1 is 1.19 bits per heavy atom. The third-order valence-corrected chi connectivity index (χ3v) is 2.12. The normalized spacial score (nSPS) is 11.8. The van der Waals surface area contributed by atoms with Crippen LogP contribution < -0.4 is 5.73 Å². The fourth-order valence-corrected chi connectivity index (χ4v) is 1.28. The Labute approximate surface area is 98.6 Å². The lowest BCUT2D eigenvalue weighted by atomic mass is 10.0. The highest BCUT2D eigenvalue weighted by Gasteiger charge is 2.14. The topological polar surface area (TPSA) is 26.0 Å². The van der Waals surface area contributed by atoms with Crippen LogP contribution in [0.15, 0.2) is 24.8 Å². The summed E-state index contributed by atoms with van der Waals surface area (Å²) in [7, 11) is 0. The largest absolute Gasteiger partial charge is 0.324 e. The van der Waals surface area contributed by atoms with Crippen LogP contribution in [-0.4, -0.2) is 0 Å². The average molecular weight is 252 g/mol. The van der Waals surface area contributed by atoms with Crippen LogP contribution in [0.1, 0.15) is 24.4 Å². The van der Waals surface area contributed by atoms with Gasteiger partial charge < -0.3 is 5.73 Å². The smallest absolute Gasteiger partial charge is 0.161 e. The Balaban J connectivity index is 0.00000225. The first kappa shape index (κ1) is 15.0. The van der Waals surface area contributed by atoms with E-state index < -0.39 is 23.5 Å². The summed E-state index contributed by atoms with van der Waals surface area (Å²) < 4.78 is 38.6. The van der Waals surface area contributed by atoms with Crippen molar-refractivity contribution >= 4 is 12.4 Å². The summed E-state index contributed by atoms with van der Waals surface area (Å²) in [4.78, 5) is 0. The maximum absolute atomic E-state index is 13.2. The molecule has 16 heavy (non-hydrogen) atoms. The highest BCUT2D eigenvalue weighted by atomic mass is 35.5. The van der Waals surface area contributed by atoms with E-state index in [2.05, 4.69) is 6.58 Å². The van der Waals surface area contributed by atoms with Crippen molar-refractivity contribution in [1.29, 1.82) is 0 Å². The number of rotatable bonds is 4. The molecule has 0 aliphatic rings. The molecule has 0 aromatic heterocycles. The molecule has 1 aromatic carbocycles. The van der Waals surface area contributed by atoms with Crippen molar-refractivity contribution in [3.63, 3.8) is 0 Å². The molecule has 0 aliphatic carbocycles. The number of benzene rings is 1. The molecule has 0 heterocycles. The second kappa shape index (κ2) is 6.55. The first-order valence-corrected chi connectivity index (χ1v) is 4.57. The molecule has 1 atom stereocenters. The van der Waals surface area contributed by atoms with Gasteiger partial charge >= 0.3 is 0 Å². The number of halogens is 4. The lowest BCUT2D eigenvalue weighted by molar-refractivity contribution is 0.481. The lowest BCUT2D eigenvalue weighted by Crippen LogP contribution is -2.12. The van der Waals surface area contributed by atoms with Crippen LogP contribution in [0.3, 0.4) is 0 Å². The molecule has 0 aliphatic heterocycles. The molecule has 90 valence electrons. The van der Waals surface area contributed by atoms with Gasteiger partial charge in [-0.2, -0.15) is 0 Å². The summed E-state index contributed by atoms with van der Waals surface area (Å²) in [5, 5.41) is 0. The van der Waals surface area contributed by atoms with Gasteiger partial charge in [-0.05, 0) is 18.9 Å². The van der Waals surface area contributed by atoms with Crippen LogP contribution in [-0.2, 0) is 0 Å². The van der Waals surface area contributed by atoms with E-state index in [0.717, 1.165) is 6.07 Å². The van der Waals surface area contributed by atoms with E-state index in [9.17, 15) is 13.2 Å². The second-order valence-electron chi connectivity index (χ2n) is 3.26. The van der Waals surface area contributed by atoms with Crippen molar-refractivity contribution in [2.45, 2.75) is 18.9 Å². The maximum Gasteiger partial charge on any atom is 0.161 e. The Bertz CT molecular complexity index is 368. The molecular formula is C11H13ClF3N. The van der Waals surface area contributed by atoms with E-state index in [1.807, 2.05) is 0 Å². The Morgan fingerprint density at radius 3 is 2.31 bits per heavy atom. The highest BCUT2D eigenvalue weighted by Crippen LogP contribution is 2.22. The van der Waals surface area contributed by atoms with Gasteiger partial charge in [0, 0.05) is 17.7 Å². The van der Waals surface area contributed by atoms with E-state index in [4.69, 9.17) is 5.73 Å². The van der Waals surface area contributed by atoms with Gasteiger partial charge in [-0.3, -0.25) is 0 Å². The second-order valence-corrected chi connectivity index (χ2v) is 3.26. The molecule has 1 aromatic rings. The minimum absolute atomic E-state index is 0. The van der Waals surface area contributed by atoms with Gasteiger partial charge in [0.05, 0.1) is 0 Å². The zero-order chi connectivity index (χ0) is 11.4. The number of hydrogen-bond acceptors (Lipinski definition) is 1. The van der Waals surface area contributed by atoms with Gasteiger partial charge in [0.1, 0.15) is 5.82 Å². The molecule has 0 fully saturated rings. The SMILES string of the molecule is C=CCC[C@H](N)c1cc(F)c(F)cc1F.Cl. The van der Waals surface area contributed by atoms with Gasteiger partial charge in [0.15, 0.2) is 11.6 Å². The monoisotopic (exact) mass is 251 g/mol. The Kier molecular flexibility index (Phi) is 6.14. The van der Waals surface area contributed by atoms with Gasteiger partial charge in [-0.25, -0.2) is 13.2 Å². The molecule has 5 heteroatoms. The first-order valence-electron chi connectivity index (χ1n) is 4.57. The fraction of sp³-hybridized carbons (Fsp3) is 0.273. The predicted molar refractivity (Wildman–Crippen MR) is 59.9 cm³/mol. The van der Waals surface area contributed by atoms with E-state index in [-0.39, 0.29) is 18.0 Å². The highest BCUT2D eigenvalue weighted by molar-refractivity contribution is 5.85. The van der Waals surface area contributed by atoms with Crippen molar-refractivity contribution in [3.8, 4) is 0 Å². The third kappa shape index (κ3) is 3.54. The van der Waals surface area contributed by atoms with Crippen LogP contribution in [0.2, 0.25) is 0 Å². The summed E-state index contributed by atoms with van der Waals surface area (Å²) in [5.74, 6) is -3.10. The molecule has 0 bridgehead atoms. The average Bonchev–Trinajstić information content (AvgIpc) is 2.20. The molecule has 0 amide bonds. The molecule has 0 spiro atoms. The van der Waals surface area contributed by atoms with E-state index in [1.54, 1.807) is 6.08 Å². The number of allylic oxidation sites excluding steroid dienone is 1. The minimum atomic E-state index is -1.20. The van der Waals surface area contributed by atoms with Crippen LogP contribution >= 0.6 is 12.4 Å². The number of hydrogen-bond donors (Lipinski definition) is 1. The molecule has 0 radical (unpaired) electrons. The van der Waals surface area contributed by atoms with E-state index in [0.29, 0.717) is 18.9 Å². The summed E-state index contributed by atoms with van der Waals surface area (Å²) >= 11 is 0. The minimum Gasteiger partial charge on any atom is -0.324 e. The van der Waals surface area contributed by atoms with Crippen molar-refractivity contribution in [3.05, 3.63) is 47.8 Å². The molecule has 2 N–H and O–H groups in total. The molecule has 1 rings (SSSR count). The van der Waals surface area contributed by atoms with E-state index >= 15 is 0 Å². The predicted octanol–water partition coefficient (Wildman–Crippen LogP) is 3.49. The summed E-state index contributed by atoms with van der Waals surface area (Å²) in [5.41, 5.74) is 5.62. The summed E-state index contributed by atoms with van der Waals surface area (Å²) in [6.45, 7) is 3.50. The maximum atomic E-state index is 13.2. The molecular weight excluding hydrogens is 239 g/mol. The first-order chi connectivity index (χ1) is 7.06. The standard InChI is InChI=1S/C11H12F3N.ClH/c1-2-3-4-11(15)7-5-9(13)10(14)6-8(7)12;/h2,5-6,11H,1,3-4,15H2;1H/t11-;/m0./s1. The zero-order valence-corrected chi connectivity index (χ0v) is 9.37. The van der Waals surface area contributed by atoms with Crippen molar-refractivity contribution < 1.29 is 13.2 Å². The summed E-state index contributed by atoms with van der Waals surface area (Å²) in [6.07, 6.45) is 2.68. The van der Waals surface area contributed by atoms with Gasteiger partial charge in [-0.1, -0.05) is 6.08 Å². The third-order valence-electron chi connectivity index (χ3n) is 2.12.